The number of ether oxygens (including phenoxy) is 1. The highest BCUT2D eigenvalue weighted by Gasteiger charge is 2.42. The largest absolute Gasteiger partial charge is 0.469 e. The van der Waals surface area contributed by atoms with Crippen LogP contribution in [-0.4, -0.2) is 58.7 Å². The molecule has 190 valence electrons. The van der Waals surface area contributed by atoms with Gasteiger partial charge in [-0.05, 0) is 50.1 Å². The molecule has 11 heteroatoms. The lowest BCUT2D eigenvalue weighted by atomic mass is 9.90. The molecule has 2 amide bonds. The number of nitrogens with zero attached hydrogens (tertiary/aromatic N) is 5. The first-order chi connectivity index (χ1) is 17.9. The monoisotopic (exact) mass is 517 g/mol. The van der Waals surface area contributed by atoms with E-state index in [1.54, 1.807) is 18.6 Å². The number of thiazole rings is 1. The number of anilines is 2. The molecule has 1 aliphatic heterocycles. The molecule has 5 rings (SSSR count). The minimum Gasteiger partial charge on any atom is -0.469 e. The van der Waals surface area contributed by atoms with Crippen molar-refractivity contribution < 1.29 is 14.3 Å². The van der Waals surface area contributed by atoms with Crippen LogP contribution in [0.15, 0.2) is 48.9 Å². The number of hydrogen-bond acceptors (Lipinski definition) is 9. The van der Waals surface area contributed by atoms with Gasteiger partial charge in [0.05, 0.1) is 28.4 Å². The van der Waals surface area contributed by atoms with E-state index in [1.807, 2.05) is 49.1 Å². The van der Waals surface area contributed by atoms with Crippen molar-refractivity contribution in [3.8, 4) is 22.4 Å². The van der Waals surface area contributed by atoms with Crippen LogP contribution in [0.5, 0.6) is 0 Å². The maximum Gasteiger partial charge on any atom is 0.321 e. The summed E-state index contributed by atoms with van der Waals surface area (Å²) in [4.78, 5) is 44.6. The Labute approximate surface area is 218 Å². The van der Waals surface area contributed by atoms with Gasteiger partial charge in [-0.15, -0.1) is 0 Å². The lowest BCUT2D eigenvalue weighted by molar-refractivity contribution is -0.150. The Morgan fingerprint density at radius 3 is 2.68 bits per heavy atom. The minimum atomic E-state index is -0.566. The Kier molecular flexibility index (Phi) is 6.70. The lowest BCUT2D eigenvalue weighted by Crippen LogP contribution is -2.33. The van der Waals surface area contributed by atoms with E-state index in [4.69, 9.17) is 4.74 Å². The van der Waals surface area contributed by atoms with Gasteiger partial charge in [-0.2, -0.15) is 0 Å². The molecular weight excluding hydrogens is 490 g/mol. The number of amides is 2. The SMILES string of the molecule is CCNC(=O)Nc1nc2cc(-c3cnc(N4CCC(C)(C(=O)OC)C4)nc3)cc(-c3ccccn3)c2s1. The number of nitrogens with one attached hydrogen (secondary N) is 2. The Hall–Kier alpha value is -4.12. The van der Waals surface area contributed by atoms with E-state index in [9.17, 15) is 9.59 Å². The van der Waals surface area contributed by atoms with Gasteiger partial charge in [0.2, 0.25) is 5.95 Å². The first kappa shape index (κ1) is 24.6. The number of esters is 1. The van der Waals surface area contributed by atoms with Crippen LogP contribution in [-0.2, 0) is 9.53 Å². The van der Waals surface area contributed by atoms with Crippen molar-refractivity contribution in [2.75, 3.05) is 37.0 Å². The number of carbonyl (C=O) groups excluding carboxylic acids is 2. The summed E-state index contributed by atoms with van der Waals surface area (Å²) in [6.07, 6.45) is 5.99. The zero-order valence-electron chi connectivity index (χ0n) is 20.8. The fraction of sp³-hybridized carbons (Fsp3) is 0.308. The zero-order chi connectivity index (χ0) is 26.0. The van der Waals surface area contributed by atoms with Gasteiger partial charge in [0.1, 0.15) is 0 Å². The van der Waals surface area contributed by atoms with Crippen molar-refractivity contribution in [1.29, 1.82) is 0 Å². The van der Waals surface area contributed by atoms with Crippen molar-refractivity contribution in [1.82, 2.24) is 25.3 Å². The number of fused-ring (bicyclic) bond motifs is 1. The van der Waals surface area contributed by atoms with Gasteiger partial charge in [-0.25, -0.2) is 19.7 Å². The van der Waals surface area contributed by atoms with Crippen LogP contribution in [0.2, 0.25) is 0 Å². The Morgan fingerprint density at radius 2 is 1.97 bits per heavy atom. The average Bonchev–Trinajstić information content (AvgIpc) is 3.52. The minimum absolute atomic E-state index is 0.216. The summed E-state index contributed by atoms with van der Waals surface area (Å²) in [6.45, 7) is 5.48. The third-order valence-corrected chi connectivity index (χ3v) is 7.41. The summed E-state index contributed by atoms with van der Waals surface area (Å²) < 4.78 is 5.89. The first-order valence-corrected chi connectivity index (χ1v) is 12.8. The predicted octanol–water partition coefficient (Wildman–Crippen LogP) is 4.35. The third-order valence-electron chi connectivity index (χ3n) is 6.39. The van der Waals surface area contributed by atoms with Crippen molar-refractivity contribution in [2.45, 2.75) is 20.3 Å². The van der Waals surface area contributed by atoms with Crippen molar-refractivity contribution in [3.05, 3.63) is 48.9 Å². The maximum absolute atomic E-state index is 12.2. The van der Waals surface area contributed by atoms with Gasteiger partial charge >= 0.3 is 12.0 Å². The highest BCUT2D eigenvalue weighted by atomic mass is 32.1. The average molecular weight is 518 g/mol. The lowest BCUT2D eigenvalue weighted by Gasteiger charge is -2.21. The normalized spacial score (nSPS) is 17.1. The van der Waals surface area contributed by atoms with E-state index in [-0.39, 0.29) is 12.0 Å². The molecule has 10 nitrogen and oxygen atoms in total. The van der Waals surface area contributed by atoms with E-state index < -0.39 is 5.41 Å². The Morgan fingerprint density at radius 1 is 1.16 bits per heavy atom. The molecule has 1 aliphatic rings. The number of rotatable bonds is 6. The summed E-state index contributed by atoms with van der Waals surface area (Å²) >= 11 is 1.40. The van der Waals surface area contributed by atoms with Crippen LogP contribution in [0.4, 0.5) is 15.9 Å². The molecule has 37 heavy (non-hydrogen) atoms. The summed E-state index contributed by atoms with van der Waals surface area (Å²) in [5.74, 6) is 0.357. The van der Waals surface area contributed by atoms with Gasteiger partial charge in [0.15, 0.2) is 5.13 Å². The number of urea groups is 1. The molecule has 0 aliphatic carbocycles. The fourth-order valence-electron chi connectivity index (χ4n) is 4.45. The van der Waals surface area contributed by atoms with E-state index in [2.05, 4.69) is 30.6 Å². The number of benzene rings is 1. The second kappa shape index (κ2) is 10.1. The fourth-order valence-corrected chi connectivity index (χ4v) is 5.41. The first-order valence-electron chi connectivity index (χ1n) is 12.0. The van der Waals surface area contributed by atoms with Crippen molar-refractivity contribution in [2.24, 2.45) is 5.41 Å². The molecule has 1 fully saturated rings. The molecule has 4 aromatic rings. The molecule has 1 atom stereocenters. The molecule has 0 bridgehead atoms. The van der Waals surface area contributed by atoms with Gasteiger partial charge in [-0.1, -0.05) is 17.4 Å². The Balaban J connectivity index is 1.48. The zero-order valence-corrected chi connectivity index (χ0v) is 21.6. The molecule has 1 saturated heterocycles. The molecule has 1 aromatic carbocycles. The van der Waals surface area contributed by atoms with Crippen LogP contribution < -0.4 is 15.5 Å². The van der Waals surface area contributed by atoms with Crippen LogP contribution in [0, 0.1) is 5.41 Å². The number of hydrogen-bond donors (Lipinski definition) is 2. The molecule has 0 radical (unpaired) electrons. The highest BCUT2D eigenvalue weighted by molar-refractivity contribution is 7.22. The molecule has 0 saturated carbocycles. The molecule has 4 heterocycles. The Bertz CT molecular complexity index is 1440. The van der Waals surface area contributed by atoms with E-state index in [1.165, 1.54) is 18.4 Å². The molecule has 1 unspecified atom stereocenters. The number of pyridine rings is 1. The van der Waals surface area contributed by atoms with E-state index in [0.29, 0.717) is 37.1 Å². The van der Waals surface area contributed by atoms with Gasteiger partial charge < -0.3 is 15.0 Å². The number of methoxy groups -OCH3 is 1. The summed E-state index contributed by atoms with van der Waals surface area (Å²) in [5, 5.41) is 6.03. The topological polar surface area (TPSA) is 122 Å². The van der Waals surface area contributed by atoms with Crippen LogP contribution in [0.1, 0.15) is 20.3 Å². The van der Waals surface area contributed by atoms with Gasteiger partial charge in [0, 0.05) is 49.4 Å². The molecule has 3 aromatic heterocycles. The highest BCUT2D eigenvalue weighted by Crippen LogP contribution is 2.38. The molecule has 0 spiro atoms. The number of carbonyl (C=O) groups is 2. The quantitative estimate of drug-likeness (QED) is 0.362. The second-order valence-corrected chi connectivity index (χ2v) is 10.1. The van der Waals surface area contributed by atoms with Crippen molar-refractivity contribution >= 4 is 44.6 Å². The van der Waals surface area contributed by atoms with Crippen LogP contribution in [0.3, 0.4) is 0 Å². The van der Waals surface area contributed by atoms with Gasteiger partial charge in [-0.3, -0.25) is 15.1 Å². The van der Waals surface area contributed by atoms with Gasteiger partial charge in [0.25, 0.3) is 0 Å². The standard InChI is InChI=1S/C26H27N7O3S/c1-4-27-24(35)32-25-31-20-12-16(11-18(21(20)37-25)19-7-5-6-9-28-19)17-13-29-23(30-14-17)33-10-8-26(2,15-33)22(34)36-3/h5-7,9,11-14H,4,8,10,15H2,1-3H3,(H2,27,31,32,35). The number of aromatic nitrogens is 4. The molecule has 2 N–H and O–H groups in total. The summed E-state index contributed by atoms with van der Waals surface area (Å²) in [5.41, 5.74) is 3.60. The third kappa shape index (κ3) is 4.94. The summed E-state index contributed by atoms with van der Waals surface area (Å²) in [6, 6.07) is 9.46. The van der Waals surface area contributed by atoms with E-state index in [0.717, 1.165) is 32.6 Å². The smallest absolute Gasteiger partial charge is 0.321 e. The van der Waals surface area contributed by atoms with Crippen LogP contribution >= 0.6 is 11.3 Å². The van der Waals surface area contributed by atoms with Crippen molar-refractivity contribution in [3.63, 3.8) is 0 Å². The van der Waals surface area contributed by atoms with E-state index >= 15 is 0 Å². The molecular formula is C26H27N7O3S. The maximum atomic E-state index is 12.2. The van der Waals surface area contributed by atoms with Crippen LogP contribution in [0.25, 0.3) is 32.6 Å². The summed E-state index contributed by atoms with van der Waals surface area (Å²) in [7, 11) is 1.42. The second-order valence-electron chi connectivity index (χ2n) is 9.09. The predicted molar refractivity (Wildman–Crippen MR) is 144 cm³/mol.